The van der Waals surface area contributed by atoms with Crippen molar-refractivity contribution in [1.82, 2.24) is 0 Å². The minimum absolute atomic E-state index is 0.882. The molecule has 0 spiro atoms. The second kappa shape index (κ2) is 7.46. The Balaban J connectivity index is 1.85. The number of carbonyl (C=O) groups is 1. The number of carboxylic acid groups (broad SMARTS) is 1. The van der Waals surface area contributed by atoms with Crippen LogP contribution in [0, 0.1) is 0 Å². The summed E-state index contributed by atoms with van der Waals surface area (Å²) in [5, 5.41) is 8.81. The number of hydrogen-bond donors (Lipinski definition) is 1. The second-order valence-electron chi connectivity index (χ2n) is 6.67. The van der Waals surface area contributed by atoms with Crippen molar-refractivity contribution in [2.75, 3.05) is 0 Å². The Morgan fingerprint density at radius 2 is 1.48 bits per heavy atom. The number of hydrogen-bond acceptors (Lipinski definition) is 1. The molecule has 1 aliphatic rings. The van der Waals surface area contributed by atoms with Crippen molar-refractivity contribution >= 4 is 23.2 Å². The third kappa shape index (κ3) is 3.61. The lowest BCUT2D eigenvalue weighted by Gasteiger charge is -2.24. The first-order valence-corrected chi connectivity index (χ1v) is 9.10. The highest BCUT2D eigenvalue weighted by molar-refractivity contribution is 6.00. The van der Waals surface area contributed by atoms with Crippen LogP contribution in [0.5, 0.6) is 0 Å². The number of carboxylic acids is 1. The number of allylic oxidation sites excluding steroid dienone is 1. The van der Waals surface area contributed by atoms with Gasteiger partial charge in [0.15, 0.2) is 0 Å². The van der Waals surface area contributed by atoms with Gasteiger partial charge >= 0.3 is 5.97 Å². The maximum atomic E-state index is 10.7. The summed E-state index contributed by atoms with van der Waals surface area (Å²) in [6.45, 7) is 0. The SMILES string of the molecule is O=C(O)/C=C/c1ccc(C2=C(c3ccccc3)CCc3ccccc32)cc1. The predicted octanol–water partition coefficient (Wildman–Crippen LogP) is 5.69. The summed E-state index contributed by atoms with van der Waals surface area (Å²) >= 11 is 0. The van der Waals surface area contributed by atoms with Crippen LogP contribution in [-0.4, -0.2) is 11.1 Å². The molecule has 3 aromatic rings. The number of benzene rings is 3. The van der Waals surface area contributed by atoms with Crippen molar-refractivity contribution in [2.45, 2.75) is 12.8 Å². The van der Waals surface area contributed by atoms with Crippen LogP contribution in [0.15, 0.2) is 84.9 Å². The maximum absolute atomic E-state index is 10.7. The Hall–Kier alpha value is -3.39. The largest absolute Gasteiger partial charge is 0.478 e. The third-order valence-corrected chi connectivity index (χ3v) is 4.97. The molecule has 0 amide bonds. The van der Waals surface area contributed by atoms with Crippen LogP contribution in [0.4, 0.5) is 0 Å². The summed E-state index contributed by atoms with van der Waals surface area (Å²) in [6.07, 6.45) is 4.84. The fourth-order valence-corrected chi connectivity index (χ4v) is 3.72. The van der Waals surface area contributed by atoms with E-state index >= 15 is 0 Å². The molecule has 0 aromatic heterocycles. The van der Waals surface area contributed by atoms with Gasteiger partial charge in [-0.15, -0.1) is 0 Å². The van der Waals surface area contributed by atoms with Gasteiger partial charge in [0.05, 0.1) is 0 Å². The van der Waals surface area contributed by atoms with E-state index in [9.17, 15) is 4.79 Å². The van der Waals surface area contributed by atoms with Crippen molar-refractivity contribution in [3.05, 3.63) is 113 Å². The van der Waals surface area contributed by atoms with E-state index in [-0.39, 0.29) is 0 Å². The van der Waals surface area contributed by atoms with Gasteiger partial charge in [0.2, 0.25) is 0 Å². The first-order valence-electron chi connectivity index (χ1n) is 9.10. The highest BCUT2D eigenvalue weighted by Gasteiger charge is 2.20. The maximum Gasteiger partial charge on any atom is 0.328 e. The van der Waals surface area contributed by atoms with Gasteiger partial charge in [-0.25, -0.2) is 4.79 Å². The van der Waals surface area contributed by atoms with Gasteiger partial charge in [0, 0.05) is 6.08 Å². The van der Waals surface area contributed by atoms with Gasteiger partial charge in [0.1, 0.15) is 0 Å². The van der Waals surface area contributed by atoms with Gasteiger partial charge in [-0.1, -0.05) is 78.9 Å². The summed E-state index contributed by atoms with van der Waals surface area (Å²) in [6, 6.07) is 27.3. The van der Waals surface area contributed by atoms with Crippen molar-refractivity contribution < 1.29 is 9.90 Å². The smallest absolute Gasteiger partial charge is 0.328 e. The summed E-state index contributed by atoms with van der Waals surface area (Å²) in [5.74, 6) is -0.936. The first-order chi connectivity index (χ1) is 13.2. The molecule has 1 N–H and O–H groups in total. The van der Waals surface area contributed by atoms with Crippen molar-refractivity contribution in [2.24, 2.45) is 0 Å². The van der Waals surface area contributed by atoms with Crippen molar-refractivity contribution in [3.63, 3.8) is 0 Å². The average molecular weight is 352 g/mol. The van der Waals surface area contributed by atoms with Gasteiger partial charge in [0.25, 0.3) is 0 Å². The zero-order valence-electron chi connectivity index (χ0n) is 14.9. The average Bonchev–Trinajstić information content (AvgIpc) is 2.72. The van der Waals surface area contributed by atoms with Gasteiger partial charge in [-0.3, -0.25) is 0 Å². The molecule has 132 valence electrons. The lowest BCUT2D eigenvalue weighted by molar-refractivity contribution is -0.131. The van der Waals surface area contributed by atoms with E-state index in [0.29, 0.717) is 0 Å². The normalized spacial score (nSPS) is 13.6. The fourth-order valence-electron chi connectivity index (χ4n) is 3.72. The molecule has 1 aliphatic carbocycles. The van der Waals surface area contributed by atoms with Crippen molar-refractivity contribution in [1.29, 1.82) is 0 Å². The molecular formula is C25H20O2. The fraction of sp³-hybridized carbons (Fsp3) is 0.0800. The topological polar surface area (TPSA) is 37.3 Å². The van der Waals surface area contributed by atoms with Crippen LogP contribution in [0.3, 0.4) is 0 Å². The monoisotopic (exact) mass is 352 g/mol. The van der Waals surface area contributed by atoms with Crippen LogP contribution < -0.4 is 0 Å². The Kier molecular flexibility index (Phi) is 4.71. The zero-order chi connectivity index (χ0) is 18.6. The minimum Gasteiger partial charge on any atom is -0.478 e. The molecular weight excluding hydrogens is 332 g/mol. The minimum atomic E-state index is -0.936. The Morgan fingerprint density at radius 1 is 0.778 bits per heavy atom. The van der Waals surface area contributed by atoms with Crippen LogP contribution in [-0.2, 0) is 11.2 Å². The molecule has 0 heterocycles. The van der Waals surface area contributed by atoms with E-state index in [1.807, 2.05) is 18.2 Å². The molecule has 0 atom stereocenters. The highest BCUT2D eigenvalue weighted by atomic mass is 16.4. The van der Waals surface area contributed by atoms with Crippen LogP contribution in [0.2, 0.25) is 0 Å². The summed E-state index contributed by atoms with van der Waals surface area (Å²) < 4.78 is 0. The molecule has 0 radical (unpaired) electrons. The Bertz CT molecular complexity index is 1030. The van der Waals surface area contributed by atoms with Crippen LogP contribution in [0.25, 0.3) is 17.2 Å². The summed E-state index contributed by atoms with van der Waals surface area (Å²) in [4.78, 5) is 10.7. The molecule has 0 bridgehead atoms. The third-order valence-electron chi connectivity index (χ3n) is 4.97. The standard InChI is InChI=1S/C25H20O2/c26-24(27)17-12-18-10-13-21(14-11-18)25-22-9-5-4-8-20(22)15-16-23(25)19-6-2-1-3-7-19/h1-14,17H,15-16H2,(H,26,27)/b17-12+. The highest BCUT2D eigenvalue weighted by Crippen LogP contribution is 2.40. The molecule has 0 saturated heterocycles. The Morgan fingerprint density at radius 3 is 2.22 bits per heavy atom. The van der Waals surface area contributed by atoms with Gasteiger partial charge in [-0.2, -0.15) is 0 Å². The van der Waals surface area contributed by atoms with E-state index in [1.54, 1.807) is 6.08 Å². The lowest BCUT2D eigenvalue weighted by atomic mass is 9.79. The van der Waals surface area contributed by atoms with Crippen LogP contribution >= 0.6 is 0 Å². The molecule has 27 heavy (non-hydrogen) atoms. The molecule has 0 fully saturated rings. The van der Waals surface area contributed by atoms with Crippen molar-refractivity contribution in [3.8, 4) is 0 Å². The van der Waals surface area contributed by atoms with E-state index in [1.165, 1.54) is 33.9 Å². The van der Waals surface area contributed by atoms with E-state index in [2.05, 4.69) is 60.7 Å². The number of aryl methyl sites for hydroxylation is 1. The number of rotatable bonds is 4. The molecule has 2 heteroatoms. The Labute approximate surface area is 159 Å². The van der Waals surface area contributed by atoms with Crippen LogP contribution in [0.1, 0.15) is 34.2 Å². The quantitative estimate of drug-likeness (QED) is 0.613. The van der Waals surface area contributed by atoms with E-state index in [0.717, 1.165) is 24.0 Å². The summed E-state index contributed by atoms with van der Waals surface area (Å²) in [7, 11) is 0. The molecule has 4 rings (SSSR count). The number of aliphatic carboxylic acids is 1. The molecule has 0 unspecified atom stereocenters. The second-order valence-corrected chi connectivity index (χ2v) is 6.67. The molecule has 0 aliphatic heterocycles. The van der Waals surface area contributed by atoms with E-state index < -0.39 is 5.97 Å². The first kappa shape index (κ1) is 17.0. The number of fused-ring (bicyclic) bond motifs is 1. The molecule has 3 aromatic carbocycles. The lowest BCUT2D eigenvalue weighted by Crippen LogP contribution is -2.06. The molecule has 0 saturated carbocycles. The van der Waals surface area contributed by atoms with Gasteiger partial charge in [-0.05, 0) is 57.9 Å². The van der Waals surface area contributed by atoms with E-state index in [4.69, 9.17) is 5.11 Å². The zero-order valence-corrected chi connectivity index (χ0v) is 14.9. The molecule has 2 nitrogen and oxygen atoms in total. The van der Waals surface area contributed by atoms with Gasteiger partial charge < -0.3 is 5.11 Å². The summed E-state index contributed by atoms with van der Waals surface area (Å²) in [5.41, 5.74) is 8.61. The predicted molar refractivity (Wildman–Crippen MR) is 110 cm³/mol.